The van der Waals surface area contributed by atoms with Gasteiger partial charge in [0, 0.05) is 13.0 Å². The molecule has 1 rings (SSSR count). The number of unbranched alkanes of at least 4 members (excludes halogenated alkanes) is 1. The van der Waals surface area contributed by atoms with Gasteiger partial charge in [-0.1, -0.05) is 13.8 Å². The Morgan fingerprint density at radius 2 is 1.80 bits per heavy atom. The third-order valence-electron chi connectivity index (χ3n) is 3.05. The monoisotopic (exact) mass is 294 g/mol. The summed E-state index contributed by atoms with van der Waals surface area (Å²) in [5.74, 6) is -2.54. The molecule has 8 heteroatoms. The number of rotatable bonds is 5. The Bertz CT molecular complexity index is 407. The summed E-state index contributed by atoms with van der Waals surface area (Å²) >= 11 is 0. The van der Waals surface area contributed by atoms with E-state index in [-0.39, 0.29) is 25.3 Å². The highest BCUT2D eigenvalue weighted by Crippen LogP contribution is 2.23. The van der Waals surface area contributed by atoms with Gasteiger partial charge in [-0.25, -0.2) is 4.79 Å². The summed E-state index contributed by atoms with van der Waals surface area (Å²) in [6.45, 7) is 3.22. The first-order chi connectivity index (χ1) is 9.13. The van der Waals surface area contributed by atoms with Crippen LogP contribution >= 0.6 is 0 Å². The van der Waals surface area contributed by atoms with Crippen molar-refractivity contribution in [3.05, 3.63) is 0 Å². The average Bonchev–Trinajstić information content (AvgIpc) is 2.24. The van der Waals surface area contributed by atoms with Gasteiger partial charge in [0.25, 0.3) is 0 Å². The van der Waals surface area contributed by atoms with Crippen molar-refractivity contribution in [2.45, 2.75) is 39.3 Å². The van der Waals surface area contributed by atoms with E-state index in [2.05, 4.69) is 5.32 Å². The van der Waals surface area contributed by atoms with Gasteiger partial charge in [0.2, 0.25) is 11.8 Å². The molecule has 114 valence electrons. The quantitative estimate of drug-likeness (QED) is 0.623. The number of amides is 4. The summed E-state index contributed by atoms with van der Waals surface area (Å²) < 4.78 is 36.0. The molecule has 1 saturated heterocycles. The molecular formula is C12H17F3N2O3. The minimum atomic E-state index is -4.25. The third-order valence-corrected chi connectivity index (χ3v) is 3.05. The van der Waals surface area contributed by atoms with Crippen LogP contribution in [0.2, 0.25) is 0 Å². The van der Waals surface area contributed by atoms with Gasteiger partial charge in [-0.05, 0) is 18.8 Å². The van der Waals surface area contributed by atoms with Crippen LogP contribution in [0.1, 0.15) is 33.1 Å². The van der Waals surface area contributed by atoms with Gasteiger partial charge in [0.1, 0.15) is 5.92 Å². The number of hydrogen-bond acceptors (Lipinski definition) is 3. The lowest BCUT2D eigenvalue weighted by atomic mass is 9.92. The van der Waals surface area contributed by atoms with Gasteiger partial charge in [-0.3, -0.25) is 19.8 Å². The molecule has 5 nitrogen and oxygen atoms in total. The molecule has 1 unspecified atom stereocenters. The van der Waals surface area contributed by atoms with Gasteiger partial charge in [0.05, 0.1) is 0 Å². The molecule has 0 aromatic carbocycles. The fraction of sp³-hybridized carbons (Fsp3) is 0.750. The van der Waals surface area contributed by atoms with Crippen LogP contribution < -0.4 is 5.32 Å². The first-order valence-corrected chi connectivity index (χ1v) is 6.36. The van der Waals surface area contributed by atoms with E-state index in [9.17, 15) is 27.6 Å². The molecule has 1 N–H and O–H groups in total. The Labute approximate surface area is 114 Å². The first-order valence-electron chi connectivity index (χ1n) is 6.36. The third kappa shape index (κ3) is 4.21. The van der Waals surface area contributed by atoms with E-state index in [0.29, 0.717) is 0 Å². The maximum absolute atomic E-state index is 12.0. The molecule has 20 heavy (non-hydrogen) atoms. The highest BCUT2D eigenvalue weighted by Gasteiger charge is 2.41. The number of halogens is 3. The Morgan fingerprint density at radius 1 is 1.20 bits per heavy atom. The van der Waals surface area contributed by atoms with Crippen LogP contribution in [0.3, 0.4) is 0 Å². The van der Waals surface area contributed by atoms with Crippen LogP contribution in [0.15, 0.2) is 0 Å². The van der Waals surface area contributed by atoms with Gasteiger partial charge >= 0.3 is 12.2 Å². The van der Waals surface area contributed by atoms with Gasteiger partial charge in [-0.15, -0.1) is 0 Å². The molecule has 0 aliphatic carbocycles. The molecule has 1 fully saturated rings. The van der Waals surface area contributed by atoms with Crippen LogP contribution in [-0.4, -0.2) is 35.5 Å². The zero-order chi connectivity index (χ0) is 15.5. The Balaban J connectivity index is 2.58. The second-order valence-corrected chi connectivity index (χ2v) is 5.08. The summed E-state index contributed by atoms with van der Waals surface area (Å²) in [6, 6.07) is -0.857. The topological polar surface area (TPSA) is 66.5 Å². The lowest BCUT2D eigenvalue weighted by Crippen LogP contribution is -2.59. The zero-order valence-electron chi connectivity index (χ0n) is 11.3. The van der Waals surface area contributed by atoms with E-state index in [4.69, 9.17) is 0 Å². The van der Waals surface area contributed by atoms with E-state index < -0.39 is 36.4 Å². The highest BCUT2D eigenvalue weighted by molar-refractivity contribution is 6.16. The molecule has 1 atom stereocenters. The number of hydrogen-bond donors (Lipinski definition) is 1. The minimum absolute atomic E-state index is 0.0532. The van der Waals surface area contributed by atoms with E-state index in [0.717, 1.165) is 4.90 Å². The van der Waals surface area contributed by atoms with Crippen LogP contribution in [0.25, 0.3) is 0 Å². The van der Waals surface area contributed by atoms with Crippen molar-refractivity contribution in [1.29, 1.82) is 0 Å². The smallest absolute Gasteiger partial charge is 0.277 e. The van der Waals surface area contributed by atoms with Crippen LogP contribution in [-0.2, 0) is 9.59 Å². The van der Waals surface area contributed by atoms with E-state index in [1.165, 1.54) is 0 Å². The van der Waals surface area contributed by atoms with Crippen molar-refractivity contribution in [2.75, 3.05) is 6.54 Å². The number of nitrogens with zero attached hydrogens (tertiary/aromatic N) is 1. The van der Waals surface area contributed by atoms with Crippen molar-refractivity contribution in [3.8, 4) is 0 Å². The second kappa shape index (κ2) is 6.23. The van der Waals surface area contributed by atoms with Crippen molar-refractivity contribution < 1.29 is 27.6 Å². The number of imide groups is 2. The van der Waals surface area contributed by atoms with Crippen molar-refractivity contribution in [2.24, 2.45) is 11.8 Å². The first kappa shape index (κ1) is 16.5. The van der Waals surface area contributed by atoms with Crippen molar-refractivity contribution >= 4 is 17.8 Å². The Kier molecular flexibility index (Phi) is 5.13. The maximum Gasteiger partial charge on any atom is 0.389 e. The lowest BCUT2D eigenvalue weighted by Gasteiger charge is -2.31. The number of nitrogens with one attached hydrogen (secondary N) is 1. The number of carbonyl (C=O) groups is 3. The normalized spacial score (nSPS) is 20.6. The summed E-state index contributed by atoms with van der Waals surface area (Å²) in [6.07, 6.45) is -5.31. The Morgan fingerprint density at radius 3 is 2.30 bits per heavy atom. The van der Waals surface area contributed by atoms with Crippen LogP contribution in [0, 0.1) is 11.8 Å². The predicted molar refractivity (Wildman–Crippen MR) is 63.5 cm³/mol. The van der Waals surface area contributed by atoms with E-state index >= 15 is 0 Å². The SMILES string of the molecule is CC(C)C1C(=O)NC(=O)N(CCCCC(F)(F)F)C1=O. The number of alkyl halides is 3. The molecule has 0 saturated carbocycles. The minimum Gasteiger partial charge on any atom is -0.277 e. The average molecular weight is 294 g/mol. The lowest BCUT2D eigenvalue weighted by molar-refractivity contribution is -0.144. The molecule has 1 aliphatic heterocycles. The molecule has 0 spiro atoms. The molecule has 0 aromatic heterocycles. The second-order valence-electron chi connectivity index (χ2n) is 5.08. The Hall–Kier alpha value is -1.60. The number of barbiturate groups is 1. The largest absolute Gasteiger partial charge is 0.389 e. The fourth-order valence-corrected chi connectivity index (χ4v) is 2.03. The highest BCUT2D eigenvalue weighted by atomic mass is 19.4. The van der Waals surface area contributed by atoms with Crippen LogP contribution in [0.4, 0.5) is 18.0 Å². The summed E-state index contributed by atoms with van der Waals surface area (Å²) in [7, 11) is 0. The molecule has 0 aromatic rings. The fourth-order valence-electron chi connectivity index (χ4n) is 2.03. The van der Waals surface area contributed by atoms with Crippen molar-refractivity contribution in [3.63, 3.8) is 0 Å². The standard InChI is InChI=1S/C12H17F3N2O3/c1-7(2)8-9(18)16-11(20)17(10(8)19)6-4-3-5-12(13,14)15/h7-8H,3-6H2,1-2H3,(H,16,18,20). The summed E-state index contributed by atoms with van der Waals surface area (Å²) in [5.41, 5.74) is 0. The molecular weight excluding hydrogens is 277 g/mol. The van der Waals surface area contributed by atoms with Gasteiger partial charge in [-0.2, -0.15) is 13.2 Å². The van der Waals surface area contributed by atoms with Crippen molar-refractivity contribution in [1.82, 2.24) is 10.2 Å². The molecule has 0 bridgehead atoms. The summed E-state index contributed by atoms with van der Waals surface area (Å²) in [4.78, 5) is 35.9. The summed E-state index contributed by atoms with van der Waals surface area (Å²) in [5, 5.41) is 2.05. The molecule has 1 heterocycles. The number of urea groups is 1. The zero-order valence-corrected chi connectivity index (χ0v) is 11.3. The molecule has 1 aliphatic rings. The number of carbonyl (C=O) groups excluding carboxylic acids is 3. The molecule has 4 amide bonds. The predicted octanol–water partition coefficient (Wildman–Crippen LogP) is 2.07. The van der Waals surface area contributed by atoms with Crippen LogP contribution in [0.5, 0.6) is 0 Å². The maximum atomic E-state index is 12.0. The van der Waals surface area contributed by atoms with Gasteiger partial charge in [0.15, 0.2) is 0 Å². The van der Waals surface area contributed by atoms with Gasteiger partial charge < -0.3 is 0 Å². The molecule has 0 radical (unpaired) electrons. The van der Waals surface area contributed by atoms with E-state index in [1.54, 1.807) is 13.8 Å². The van der Waals surface area contributed by atoms with E-state index in [1.807, 2.05) is 0 Å².